The quantitative estimate of drug-likeness (QED) is 0.819. The van der Waals surface area contributed by atoms with Crippen LogP contribution < -0.4 is 0 Å². The Morgan fingerprint density at radius 2 is 1.95 bits per heavy atom. The third-order valence-corrected chi connectivity index (χ3v) is 7.05. The molecule has 0 radical (unpaired) electrons. The summed E-state index contributed by atoms with van der Waals surface area (Å²) >= 11 is 0. The Morgan fingerprint density at radius 3 is 2.55 bits per heavy atom. The second kappa shape index (κ2) is 6.75. The highest BCUT2D eigenvalue weighted by Crippen LogP contribution is 2.36. The van der Waals surface area contributed by atoms with Crippen molar-refractivity contribution in [3.63, 3.8) is 0 Å². The van der Waals surface area contributed by atoms with Gasteiger partial charge in [-0.25, -0.2) is 12.7 Å². The smallest absolute Gasteiger partial charge is 0.214 e. The van der Waals surface area contributed by atoms with Crippen LogP contribution in [-0.2, 0) is 10.0 Å². The lowest BCUT2D eigenvalue weighted by molar-refractivity contribution is 0.0557. The molecule has 5 heteroatoms. The largest absolute Gasteiger partial charge is 0.396 e. The summed E-state index contributed by atoms with van der Waals surface area (Å²) < 4.78 is 26.9. The van der Waals surface area contributed by atoms with E-state index in [2.05, 4.69) is 6.92 Å². The van der Waals surface area contributed by atoms with Crippen LogP contribution in [0.15, 0.2) is 0 Å². The van der Waals surface area contributed by atoms with Gasteiger partial charge in [0.05, 0.1) is 5.75 Å². The van der Waals surface area contributed by atoms with Crippen LogP contribution in [0.5, 0.6) is 0 Å². The maximum Gasteiger partial charge on any atom is 0.214 e. The number of aliphatic hydroxyl groups is 1. The summed E-state index contributed by atoms with van der Waals surface area (Å²) in [6.07, 6.45) is 8.22. The van der Waals surface area contributed by atoms with E-state index in [1.54, 1.807) is 4.31 Å². The monoisotopic (exact) mass is 303 g/mol. The molecular formula is C15H29NO3S. The zero-order chi connectivity index (χ0) is 14.6. The second-order valence-electron chi connectivity index (χ2n) is 6.77. The number of hydrogen-bond donors (Lipinski definition) is 1. The molecule has 1 aliphatic heterocycles. The normalized spacial score (nSPS) is 29.9. The molecule has 118 valence electrons. The second-order valence-corrected chi connectivity index (χ2v) is 8.79. The van der Waals surface area contributed by atoms with Crippen molar-refractivity contribution >= 4 is 10.0 Å². The number of nitrogens with zero attached hydrogens (tertiary/aromatic N) is 1. The number of aliphatic hydroxyl groups excluding tert-OH is 1. The van der Waals surface area contributed by atoms with Crippen LogP contribution in [0.3, 0.4) is 0 Å². The molecule has 0 aromatic heterocycles. The lowest BCUT2D eigenvalue weighted by Gasteiger charge is -2.41. The zero-order valence-electron chi connectivity index (χ0n) is 12.7. The van der Waals surface area contributed by atoms with Gasteiger partial charge in [-0.15, -0.1) is 0 Å². The van der Waals surface area contributed by atoms with Gasteiger partial charge in [-0.1, -0.05) is 26.2 Å². The SMILES string of the molecule is CCCC1(CO)CCCN(S(=O)(=O)CC2CCCC2)C1. The minimum atomic E-state index is -3.14. The lowest BCUT2D eigenvalue weighted by Crippen LogP contribution is -2.48. The number of piperidine rings is 1. The highest BCUT2D eigenvalue weighted by Gasteiger charge is 2.39. The van der Waals surface area contributed by atoms with E-state index in [1.807, 2.05) is 0 Å². The Labute approximate surface area is 123 Å². The molecule has 20 heavy (non-hydrogen) atoms. The summed E-state index contributed by atoms with van der Waals surface area (Å²) in [5, 5.41) is 9.72. The van der Waals surface area contributed by atoms with Crippen LogP contribution in [0.2, 0.25) is 0 Å². The van der Waals surface area contributed by atoms with Crippen molar-refractivity contribution in [1.29, 1.82) is 0 Å². The molecule has 2 aliphatic rings. The summed E-state index contributed by atoms with van der Waals surface area (Å²) in [6, 6.07) is 0. The Morgan fingerprint density at radius 1 is 1.25 bits per heavy atom. The van der Waals surface area contributed by atoms with E-state index in [4.69, 9.17) is 0 Å². The van der Waals surface area contributed by atoms with E-state index in [-0.39, 0.29) is 12.0 Å². The van der Waals surface area contributed by atoms with Crippen molar-refractivity contribution in [2.75, 3.05) is 25.4 Å². The van der Waals surface area contributed by atoms with Crippen LogP contribution in [0.25, 0.3) is 0 Å². The average molecular weight is 303 g/mol. The van der Waals surface area contributed by atoms with E-state index in [1.165, 1.54) is 12.8 Å². The Kier molecular flexibility index (Phi) is 5.49. The standard InChI is InChI=1S/C15H29NO3S/c1-2-8-15(13-17)9-5-10-16(12-15)20(18,19)11-14-6-3-4-7-14/h14,17H,2-13H2,1H3. The van der Waals surface area contributed by atoms with E-state index in [0.29, 0.717) is 24.8 Å². The summed E-state index contributed by atoms with van der Waals surface area (Å²) in [4.78, 5) is 0. The highest BCUT2D eigenvalue weighted by atomic mass is 32.2. The molecule has 0 spiro atoms. The molecule has 0 bridgehead atoms. The van der Waals surface area contributed by atoms with E-state index in [9.17, 15) is 13.5 Å². The molecule has 1 saturated heterocycles. The first kappa shape index (κ1) is 16.2. The lowest BCUT2D eigenvalue weighted by atomic mass is 9.78. The first-order chi connectivity index (χ1) is 9.51. The van der Waals surface area contributed by atoms with Gasteiger partial charge in [0.1, 0.15) is 0 Å². The first-order valence-electron chi connectivity index (χ1n) is 8.10. The van der Waals surface area contributed by atoms with E-state index in [0.717, 1.165) is 38.5 Å². The maximum absolute atomic E-state index is 12.6. The van der Waals surface area contributed by atoms with Crippen molar-refractivity contribution in [3.8, 4) is 0 Å². The van der Waals surface area contributed by atoms with Crippen LogP contribution in [0.1, 0.15) is 58.3 Å². The molecule has 0 aromatic carbocycles. The van der Waals surface area contributed by atoms with Crippen molar-refractivity contribution in [1.82, 2.24) is 4.31 Å². The third kappa shape index (κ3) is 3.74. The predicted molar refractivity (Wildman–Crippen MR) is 81.0 cm³/mol. The molecular weight excluding hydrogens is 274 g/mol. The van der Waals surface area contributed by atoms with E-state index < -0.39 is 10.0 Å². The first-order valence-corrected chi connectivity index (χ1v) is 9.71. The van der Waals surface area contributed by atoms with Crippen molar-refractivity contribution in [2.45, 2.75) is 58.3 Å². The molecule has 0 aromatic rings. The van der Waals surface area contributed by atoms with Gasteiger partial charge < -0.3 is 5.11 Å². The van der Waals surface area contributed by atoms with Crippen LogP contribution >= 0.6 is 0 Å². The van der Waals surface area contributed by atoms with E-state index >= 15 is 0 Å². The molecule has 4 nitrogen and oxygen atoms in total. The fourth-order valence-corrected chi connectivity index (χ4v) is 5.94. The van der Waals surface area contributed by atoms with Gasteiger partial charge in [-0.05, 0) is 38.0 Å². The fraction of sp³-hybridized carbons (Fsp3) is 1.00. The summed E-state index contributed by atoms with van der Waals surface area (Å²) in [6.45, 7) is 3.37. The van der Waals surface area contributed by atoms with Crippen LogP contribution in [0, 0.1) is 11.3 Å². The van der Waals surface area contributed by atoms with Gasteiger partial charge >= 0.3 is 0 Å². The minimum absolute atomic E-state index is 0.107. The molecule has 2 fully saturated rings. The molecule has 1 atom stereocenters. The summed E-state index contributed by atoms with van der Waals surface area (Å²) in [7, 11) is -3.14. The average Bonchev–Trinajstić information content (AvgIpc) is 2.91. The minimum Gasteiger partial charge on any atom is -0.396 e. The van der Waals surface area contributed by atoms with Crippen molar-refractivity contribution in [2.24, 2.45) is 11.3 Å². The summed E-state index contributed by atoms with van der Waals surface area (Å²) in [5.41, 5.74) is -0.199. The van der Waals surface area contributed by atoms with Gasteiger partial charge in [0, 0.05) is 25.1 Å². The fourth-order valence-electron chi connectivity index (χ4n) is 3.92. The Bertz CT molecular complexity index is 399. The Balaban J connectivity index is 2.02. The maximum atomic E-state index is 12.6. The van der Waals surface area contributed by atoms with Crippen molar-refractivity contribution < 1.29 is 13.5 Å². The molecule has 1 saturated carbocycles. The molecule has 1 N–H and O–H groups in total. The topological polar surface area (TPSA) is 57.6 Å². The molecule has 2 rings (SSSR count). The zero-order valence-corrected chi connectivity index (χ0v) is 13.5. The number of sulfonamides is 1. The van der Waals surface area contributed by atoms with Crippen LogP contribution in [-0.4, -0.2) is 43.3 Å². The number of hydrogen-bond acceptors (Lipinski definition) is 3. The number of rotatable bonds is 6. The van der Waals surface area contributed by atoms with Gasteiger partial charge in [0.15, 0.2) is 0 Å². The molecule has 1 heterocycles. The van der Waals surface area contributed by atoms with Crippen molar-refractivity contribution in [3.05, 3.63) is 0 Å². The van der Waals surface area contributed by atoms with Crippen LogP contribution in [0.4, 0.5) is 0 Å². The third-order valence-electron chi connectivity index (χ3n) is 5.06. The predicted octanol–water partition coefficient (Wildman–Crippen LogP) is 2.38. The summed E-state index contributed by atoms with van der Waals surface area (Å²) in [5.74, 6) is 0.678. The van der Waals surface area contributed by atoms with Gasteiger partial charge in [0.25, 0.3) is 0 Å². The highest BCUT2D eigenvalue weighted by molar-refractivity contribution is 7.89. The molecule has 0 amide bonds. The molecule has 1 aliphatic carbocycles. The molecule has 1 unspecified atom stereocenters. The van der Waals surface area contributed by atoms with Gasteiger partial charge in [-0.2, -0.15) is 0 Å². The van der Waals surface area contributed by atoms with Gasteiger partial charge in [-0.3, -0.25) is 0 Å². The Hall–Kier alpha value is -0.130. The van der Waals surface area contributed by atoms with Gasteiger partial charge in [0.2, 0.25) is 10.0 Å².